The highest BCUT2D eigenvalue weighted by Gasteiger charge is 2.12. The molecule has 26 heavy (non-hydrogen) atoms. The van der Waals surface area contributed by atoms with Gasteiger partial charge >= 0.3 is 0 Å². The van der Waals surface area contributed by atoms with Gasteiger partial charge in [-0.2, -0.15) is 0 Å². The molecule has 3 rings (SSSR count). The SMILES string of the molecule is O=C(Nc1ccc(S(=O)(=O)[N-]c2ncccn2)cc1)c1cccc(Br)c1. The quantitative estimate of drug-likeness (QED) is 0.659. The van der Waals surface area contributed by atoms with Crippen molar-refractivity contribution in [2.75, 3.05) is 5.32 Å². The zero-order valence-electron chi connectivity index (χ0n) is 13.2. The predicted molar refractivity (Wildman–Crippen MR) is 101 cm³/mol. The Morgan fingerprint density at radius 1 is 1.00 bits per heavy atom. The predicted octanol–water partition coefficient (Wildman–Crippen LogP) is 3.89. The molecule has 1 N–H and O–H groups in total. The number of carbonyl (C=O) groups is 1. The number of rotatable bonds is 5. The molecule has 0 radical (unpaired) electrons. The molecule has 0 atom stereocenters. The van der Waals surface area contributed by atoms with E-state index in [-0.39, 0.29) is 16.8 Å². The van der Waals surface area contributed by atoms with Crippen LogP contribution in [0.5, 0.6) is 0 Å². The van der Waals surface area contributed by atoms with Crippen molar-refractivity contribution in [2.45, 2.75) is 4.90 Å². The molecule has 0 spiro atoms. The van der Waals surface area contributed by atoms with Gasteiger partial charge in [-0.3, -0.25) is 9.52 Å². The maximum absolute atomic E-state index is 12.3. The summed E-state index contributed by atoms with van der Waals surface area (Å²) in [5.41, 5.74) is 0.942. The minimum Gasteiger partial charge on any atom is -0.366 e. The second kappa shape index (κ2) is 7.63. The molecule has 0 aliphatic rings. The van der Waals surface area contributed by atoms with Crippen LogP contribution in [0.4, 0.5) is 11.6 Å². The van der Waals surface area contributed by atoms with Crippen molar-refractivity contribution >= 4 is 43.5 Å². The zero-order valence-corrected chi connectivity index (χ0v) is 15.6. The molecule has 9 heteroatoms. The first kappa shape index (κ1) is 18.0. The Bertz CT molecular complexity index is 1030. The summed E-state index contributed by atoms with van der Waals surface area (Å²) in [6.45, 7) is 0. The standard InChI is InChI=1S/C17H13BrN4O3S/c18-13-4-1-3-12(11-13)16(23)21-14-5-7-15(8-6-14)26(24,25)22-17-19-9-2-10-20-17/h1-11H,(H2,19,20,21,22,23)/p-1. The Morgan fingerprint density at radius 2 is 1.69 bits per heavy atom. The van der Waals surface area contributed by atoms with Crippen LogP contribution in [0.25, 0.3) is 4.72 Å². The molecular formula is C17H12BrN4O3S-. The largest absolute Gasteiger partial charge is 0.366 e. The lowest BCUT2D eigenvalue weighted by molar-refractivity contribution is 0.102. The second-order valence-electron chi connectivity index (χ2n) is 5.10. The molecule has 0 fully saturated rings. The van der Waals surface area contributed by atoms with E-state index in [1.165, 1.54) is 36.7 Å². The molecule has 1 heterocycles. The fourth-order valence-corrected chi connectivity index (χ4v) is 3.34. The minimum atomic E-state index is -3.94. The number of nitrogens with one attached hydrogen (secondary N) is 1. The van der Waals surface area contributed by atoms with E-state index >= 15 is 0 Å². The third-order valence-corrected chi connectivity index (χ3v) is 5.02. The molecule has 0 unspecified atom stereocenters. The first-order valence-electron chi connectivity index (χ1n) is 7.36. The third-order valence-electron chi connectivity index (χ3n) is 3.25. The van der Waals surface area contributed by atoms with E-state index in [1.807, 2.05) is 6.07 Å². The average molecular weight is 432 g/mol. The van der Waals surface area contributed by atoms with Crippen molar-refractivity contribution < 1.29 is 13.2 Å². The number of anilines is 1. The van der Waals surface area contributed by atoms with Gasteiger partial charge in [0, 0.05) is 21.7 Å². The van der Waals surface area contributed by atoms with Gasteiger partial charge in [0.2, 0.25) is 10.0 Å². The van der Waals surface area contributed by atoms with Crippen LogP contribution in [0, 0.1) is 0 Å². The summed E-state index contributed by atoms with van der Waals surface area (Å²) in [6.07, 6.45) is 2.81. The molecule has 0 aliphatic carbocycles. The van der Waals surface area contributed by atoms with Gasteiger partial charge in [-0.15, -0.1) is 0 Å². The molecule has 0 aliphatic heterocycles. The average Bonchev–Trinajstić information content (AvgIpc) is 2.62. The molecule has 1 amide bonds. The fourth-order valence-electron chi connectivity index (χ4n) is 2.04. The number of amides is 1. The van der Waals surface area contributed by atoms with Gasteiger partial charge in [-0.05, 0) is 54.9 Å². The highest BCUT2D eigenvalue weighted by atomic mass is 79.9. The Kier molecular flexibility index (Phi) is 5.29. The van der Waals surface area contributed by atoms with Gasteiger partial charge in [-0.25, -0.2) is 8.42 Å². The number of aromatic nitrogens is 2. The van der Waals surface area contributed by atoms with Gasteiger partial charge in [0.05, 0.1) is 4.90 Å². The monoisotopic (exact) mass is 431 g/mol. The summed E-state index contributed by atoms with van der Waals surface area (Å²) < 4.78 is 28.9. The van der Waals surface area contributed by atoms with E-state index in [0.717, 1.165) is 4.47 Å². The van der Waals surface area contributed by atoms with Gasteiger partial charge in [0.15, 0.2) is 0 Å². The number of sulfonamides is 1. The minimum absolute atomic E-state index is 0.0228. The summed E-state index contributed by atoms with van der Waals surface area (Å²) in [5, 5.41) is 2.70. The fraction of sp³-hybridized carbons (Fsp3) is 0. The molecule has 2 aromatic carbocycles. The summed E-state index contributed by atoms with van der Waals surface area (Å²) >= 11 is 3.31. The smallest absolute Gasteiger partial charge is 0.255 e. The Hall–Kier alpha value is -2.78. The molecule has 132 valence electrons. The molecular weight excluding hydrogens is 420 g/mol. The van der Waals surface area contributed by atoms with E-state index in [9.17, 15) is 13.2 Å². The van der Waals surface area contributed by atoms with E-state index < -0.39 is 10.0 Å². The number of hydrogen-bond acceptors (Lipinski definition) is 5. The lowest BCUT2D eigenvalue weighted by atomic mass is 10.2. The summed E-state index contributed by atoms with van der Waals surface area (Å²) in [4.78, 5) is 19.7. The number of benzene rings is 2. The maximum atomic E-state index is 12.3. The van der Waals surface area contributed by atoms with Gasteiger partial charge in [-0.1, -0.05) is 28.1 Å². The van der Waals surface area contributed by atoms with Crippen LogP contribution in [0.3, 0.4) is 0 Å². The van der Waals surface area contributed by atoms with Crippen molar-refractivity contribution in [3.05, 3.63) is 81.7 Å². The van der Waals surface area contributed by atoms with E-state index in [2.05, 4.69) is 35.9 Å². The van der Waals surface area contributed by atoms with Crippen molar-refractivity contribution in [2.24, 2.45) is 0 Å². The number of halogens is 1. The van der Waals surface area contributed by atoms with Gasteiger partial charge in [0.1, 0.15) is 0 Å². The molecule has 1 aromatic heterocycles. The van der Waals surface area contributed by atoms with Crippen LogP contribution in [0.15, 0.2) is 76.4 Å². The molecule has 0 bridgehead atoms. The maximum Gasteiger partial charge on any atom is 0.255 e. The summed E-state index contributed by atoms with van der Waals surface area (Å²) in [6, 6.07) is 14.2. The van der Waals surface area contributed by atoms with Crippen molar-refractivity contribution in [1.29, 1.82) is 0 Å². The first-order chi connectivity index (χ1) is 12.4. The van der Waals surface area contributed by atoms with E-state index in [0.29, 0.717) is 11.3 Å². The number of hydrogen-bond donors (Lipinski definition) is 1. The molecule has 3 aromatic rings. The molecule has 7 nitrogen and oxygen atoms in total. The van der Waals surface area contributed by atoms with Crippen LogP contribution in [-0.4, -0.2) is 24.3 Å². The van der Waals surface area contributed by atoms with Crippen LogP contribution in [0.1, 0.15) is 10.4 Å². The number of nitrogens with zero attached hydrogens (tertiary/aromatic N) is 3. The first-order valence-corrected chi connectivity index (χ1v) is 9.59. The number of carbonyl (C=O) groups excluding carboxylic acids is 1. The summed E-state index contributed by atoms with van der Waals surface area (Å²) in [5.74, 6) is -0.441. The van der Waals surface area contributed by atoms with Crippen LogP contribution in [-0.2, 0) is 10.0 Å². The lowest BCUT2D eigenvalue weighted by Gasteiger charge is -2.12. The van der Waals surface area contributed by atoms with E-state index in [4.69, 9.17) is 0 Å². The van der Waals surface area contributed by atoms with Crippen LogP contribution in [0.2, 0.25) is 0 Å². The highest BCUT2D eigenvalue weighted by Crippen LogP contribution is 2.25. The third kappa shape index (κ3) is 4.44. The highest BCUT2D eigenvalue weighted by molar-refractivity contribution is 9.10. The zero-order chi connectivity index (χ0) is 18.6. The van der Waals surface area contributed by atoms with Crippen LogP contribution >= 0.6 is 15.9 Å². The topological polar surface area (TPSA) is 103 Å². The van der Waals surface area contributed by atoms with Gasteiger partial charge in [0.25, 0.3) is 5.91 Å². The Morgan fingerprint density at radius 3 is 2.35 bits per heavy atom. The Balaban J connectivity index is 1.73. The van der Waals surface area contributed by atoms with Crippen molar-refractivity contribution in [3.8, 4) is 0 Å². The lowest BCUT2D eigenvalue weighted by Crippen LogP contribution is -2.11. The summed E-state index contributed by atoms with van der Waals surface area (Å²) in [7, 11) is -3.94. The van der Waals surface area contributed by atoms with Crippen molar-refractivity contribution in [3.63, 3.8) is 0 Å². The normalized spacial score (nSPS) is 11.0. The van der Waals surface area contributed by atoms with Crippen LogP contribution < -0.4 is 5.32 Å². The van der Waals surface area contributed by atoms with Gasteiger partial charge < -0.3 is 15.3 Å². The Labute approximate surface area is 158 Å². The molecule has 0 saturated heterocycles. The second-order valence-corrected chi connectivity index (χ2v) is 7.62. The van der Waals surface area contributed by atoms with Crippen molar-refractivity contribution in [1.82, 2.24) is 9.97 Å². The molecule has 0 saturated carbocycles. The van der Waals surface area contributed by atoms with E-state index in [1.54, 1.807) is 24.3 Å².